The number of aryl methyl sites for hydroxylation is 1. The zero-order valence-corrected chi connectivity index (χ0v) is 14.4. The second-order valence-corrected chi connectivity index (χ2v) is 7.99. The molecule has 0 bridgehead atoms. The molecule has 0 aliphatic carbocycles. The van der Waals surface area contributed by atoms with Crippen molar-refractivity contribution in [2.24, 2.45) is 0 Å². The van der Waals surface area contributed by atoms with Crippen LogP contribution in [0.3, 0.4) is 0 Å². The fourth-order valence-corrected chi connectivity index (χ4v) is 5.06. The van der Waals surface area contributed by atoms with Crippen LogP contribution in [0.5, 0.6) is 5.75 Å². The molecule has 2 aromatic rings. The lowest BCUT2D eigenvalue weighted by atomic mass is 9.99. The second-order valence-electron chi connectivity index (χ2n) is 6.13. The Morgan fingerprint density at radius 3 is 2.54 bits per heavy atom. The van der Waals surface area contributed by atoms with E-state index in [4.69, 9.17) is 4.74 Å². The Bertz CT molecular complexity index is 862. The highest BCUT2D eigenvalue weighted by Gasteiger charge is 2.34. The van der Waals surface area contributed by atoms with Gasteiger partial charge in [0, 0.05) is 13.1 Å². The summed E-state index contributed by atoms with van der Waals surface area (Å²) in [5.74, 6) is 0.649. The molecular formula is C18H20N2O3S. The Hall–Kier alpha value is -2.21. The van der Waals surface area contributed by atoms with Gasteiger partial charge in [-0.1, -0.05) is 12.1 Å². The molecule has 0 N–H and O–H groups in total. The van der Waals surface area contributed by atoms with Gasteiger partial charge in [-0.05, 0) is 48.7 Å². The molecule has 24 heavy (non-hydrogen) atoms. The highest BCUT2D eigenvalue weighted by molar-refractivity contribution is 7.92. The summed E-state index contributed by atoms with van der Waals surface area (Å²) in [7, 11) is -2.01. The summed E-state index contributed by atoms with van der Waals surface area (Å²) in [5, 5.41) is 0. The number of para-hydroxylation sites is 1. The van der Waals surface area contributed by atoms with Crippen molar-refractivity contribution < 1.29 is 13.2 Å². The van der Waals surface area contributed by atoms with Gasteiger partial charge in [-0.2, -0.15) is 0 Å². The zero-order chi connectivity index (χ0) is 16.7. The Labute approximate surface area is 142 Å². The molecule has 0 atom stereocenters. The topological polar surface area (TPSA) is 49.9 Å². The molecule has 126 valence electrons. The van der Waals surface area contributed by atoms with Crippen LogP contribution in [0.25, 0.3) is 0 Å². The Morgan fingerprint density at radius 1 is 1.00 bits per heavy atom. The van der Waals surface area contributed by atoms with E-state index in [9.17, 15) is 8.42 Å². The average Bonchev–Trinajstić information content (AvgIpc) is 2.62. The van der Waals surface area contributed by atoms with Gasteiger partial charge in [-0.25, -0.2) is 8.42 Å². The molecule has 0 saturated carbocycles. The van der Waals surface area contributed by atoms with Crippen LogP contribution < -0.4 is 13.9 Å². The van der Waals surface area contributed by atoms with Crippen LogP contribution in [0.2, 0.25) is 0 Å². The van der Waals surface area contributed by atoms with E-state index < -0.39 is 10.0 Å². The van der Waals surface area contributed by atoms with Gasteiger partial charge in [0.15, 0.2) is 0 Å². The Morgan fingerprint density at radius 2 is 1.79 bits per heavy atom. The maximum Gasteiger partial charge on any atom is 0.264 e. The van der Waals surface area contributed by atoms with E-state index in [1.54, 1.807) is 35.7 Å². The van der Waals surface area contributed by atoms with Crippen LogP contribution in [-0.2, 0) is 16.4 Å². The lowest BCUT2D eigenvalue weighted by Crippen LogP contribution is -2.46. The van der Waals surface area contributed by atoms with Crippen molar-refractivity contribution >= 4 is 21.4 Å². The lowest BCUT2D eigenvalue weighted by molar-refractivity contribution is 0.414. The molecule has 0 saturated heterocycles. The number of hydrogen-bond donors (Lipinski definition) is 0. The smallest absolute Gasteiger partial charge is 0.264 e. The number of ether oxygens (including phenoxy) is 1. The number of nitrogens with zero attached hydrogens (tertiary/aromatic N) is 2. The van der Waals surface area contributed by atoms with Crippen LogP contribution in [0, 0.1) is 0 Å². The van der Waals surface area contributed by atoms with Gasteiger partial charge < -0.3 is 9.64 Å². The molecule has 0 aromatic heterocycles. The van der Waals surface area contributed by atoms with Crippen LogP contribution in [0.1, 0.15) is 12.0 Å². The van der Waals surface area contributed by atoms with Gasteiger partial charge in [0.25, 0.3) is 10.0 Å². The Balaban J connectivity index is 1.79. The summed E-state index contributed by atoms with van der Waals surface area (Å²) in [6.45, 7) is 2.21. The molecule has 0 unspecified atom stereocenters. The lowest BCUT2D eigenvalue weighted by Gasteiger charge is -2.41. The molecule has 5 nitrogen and oxygen atoms in total. The normalized spacial score (nSPS) is 16.7. The summed E-state index contributed by atoms with van der Waals surface area (Å²) in [6, 6.07) is 12.6. The van der Waals surface area contributed by atoms with E-state index >= 15 is 0 Å². The summed E-state index contributed by atoms with van der Waals surface area (Å²) >= 11 is 0. The maximum atomic E-state index is 13.1. The molecular weight excluding hydrogens is 324 g/mol. The van der Waals surface area contributed by atoms with Gasteiger partial charge in [0.2, 0.25) is 0 Å². The summed E-state index contributed by atoms with van der Waals surface area (Å²) in [5.41, 5.74) is 3.13. The molecule has 6 heteroatoms. The second kappa shape index (κ2) is 5.70. The Kier molecular flexibility index (Phi) is 3.64. The first-order valence-electron chi connectivity index (χ1n) is 8.15. The molecule has 0 fully saturated rings. The number of benzene rings is 2. The third-order valence-electron chi connectivity index (χ3n) is 4.78. The van der Waals surface area contributed by atoms with Crippen molar-refractivity contribution in [1.29, 1.82) is 0 Å². The van der Waals surface area contributed by atoms with E-state index in [-0.39, 0.29) is 0 Å². The largest absolute Gasteiger partial charge is 0.497 e. The zero-order valence-electron chi connectivity index (χ0n) is 13.6. The highest BCUT2D eigenvalue weighted by atomic mass is 32.2. The number of methoxy groups -OCH3 is 1. The van der Waals surface area contributed by atoms with Crippen LogP contribution >= 0.6 is 0 Å². The number of rotatable bonds is 3. The molecule has 2 aromatic carbocycles. The third kappa shape index (κ3) is 2.33. The average molecular weight is 344 g/mol. The monoisotopic (exact) mass is 344 g/mol. The minimum absolute atomic E-state index is 0.296. The first-order valence-corrected chi connectivity index (χ1v) is 9.59. The number of hydrogen-bond acceptors (Lipinski definition) is 4. The number of anilines is 2. The predicted molar refractivity (Wildman–Crippen MR) is 94.5 cm³/mol. The SMILES string of the molecule is COc1ccc(S(=O)(=O)N2CCN3CCCc4cccc2c43)cc1. The van der Waals surface area contributed by atoms with Gasteiger partial charge in [0.1, 0.15) is 5.75 Å². The van der Waals surface area contributed by atoms with Crippen LogP contribution in [0.4, 0.5) is 11.4 Å². The summed E-state index contributed by atoms with van der Waals surface area (Å²) in [4.78, 5) is 2.61. The van der Waals surface area contributed by atoms with Crippen molar-refractivity contribution in [2.45, 2.75) is 17.7 Å². The van der Waals surface area contributed by atoms with Crippen molar-refractivity contribution in [3.63, 3.8) is 0 Å². The molecule has 2 aliphatic rings. The van der Waals surface area contributed by atoms with Crippen molar-refractivity contribution in [3.05, 3.63) is 48.0 Å². The fourth-order valence-electron chi connectivity index (χ4n) is 3.60. The van der Waals surface area contributed by atoms with E-state index in [0.717, 1.165) is 37.3 Å². The van der Waals surface area contributed by atoms with E-state index in [0.29, 0.717) is 17.2 Å². The molecule has 4 rings (SSSR count). The maximum absolute atomic E-state index is 13.1. The third-order valence-corrected chi connectivity index (χ3v) is 6.61. The first kappa shape index (κ1) is 15.3. The fraction of sp³-hybridized carbons (Fsp3) is 0.333. The predicted octanol–water partition coefficient (Wildman–Crippen LogP) is 2.66. The summed E-state index contributed by atoms with van der Waals surface area (Å²) < 4.78 is 33.0. The first-order chi connectivity index (χ1) is 11.6. The molecule has 0 radical (unpaired) electrons. The van der Waals surface area contributed by atoms with E-state index in [2.05, 4.69) is 11.0 Å². The summed E-state index contributed by atoms with van der Waals surface area (Å²) in [6.07, 6.45) is 2.14. The van der Waals surface area contributed by atoms with Gasteiger partial charge >= 0.3 is 0 Å². The highest BCUT2D eigenvalue weighted by Crippen LogP contribution is 2.41. The van der Waals surface area contributed by atoms with Crippen molar-refractivity contribution in [1.82, 2.24) is 0 Å². The van der Waals surface area contributed by atoms with Gasteiger partial charge in [-0.15, -0.1) is 0 Å². The van der Waals surface area contributed by atoms with E-state index in [1.807, 2.05) is 12.1 Å². The molecule has 2 aliphatic heterocycles. The van der Waals surface area contributed by atoms with E-state index in [1.165, 1.54) is 5.56 Å². The minimum Gasteiger partial charge on any atom is -0.497 e. The minimum atomic E-state index is -3.57. The van der Waals surface area contributed by atoms with Crippen LogP contribution in [-0.4, -0.2) is 35.2 Å². The number of sulfonamides is 1. The van der Waals surface area contributed by atoms with Crippen LogP contribution in [0.15, 0.2) is 47.4 Å². The molecule has 0 spiro atoms. The van der Waals surface area contributed by atoms with Crippen molar-refractivity contribution in [2.75, 3.05) is 35.9 Å². The molecule has 0 amide bonds. The standard InChI is InChI=1S/C18H20N2O3S/c1-23-15-7-9-16(10-8-15)24(21,22)20-13-12-19-11-3-5-14-4-2-6-17(20)18(14)19/h2,4,6-10H,3,5,11-13H2,1H3. The quantitative estimate of drug-likeness (QED) is 0.859. The van der Waals surface area contributed by atoms with Gasteiger partial charge in [-0.3, -0.25) is 4.31 Å². The van der Waals surface area contributed by atoms with Crippen molar-refractivity contribution in [3.8, 4) is 5.75 Å². The molecule has 2 heterocycles. The van der Waals surface area contributed by atoms with Gasteiger partial charge in [0.05, 0.1) is 29.9 Å².